The summed E-state index contributed by atoms with van der Waals surface area (Å²) < 4.78 is 34.7. The molecule has 0 radical (unpaired) electrons. The van der Waals surface area contributed by atoms with Crippen molar-refractivity contribution in [1.82, 2.24) is 20.4 Å². The average molecular weight is 955 g/mol. The zero-order chi connectivity index (χ0) is 48.9. The number of aromatic nitrogens is 4. The lowest BCUT2D eigenvalue weighted by Crippen LogP contribution is -2.08. The molecule has 2 heterocycles. The van der Waals surface area contributed by atoms with Crippen molar-refractivity contribution in [3.63, 3.8) is 0 Å². The summed E-state index contributed by atoms with van der Waals surface area (Å²) in [5, 5.41) is 16.5. The zero-order valence-electron chi connectivity index (χ0n) is 41.7. The molecule has 0 unspecified atom stereocenters. The maximum atomic E-state index is 12.9. The van der Waals surface area contributed by atoms with E-state index in [0.29, 0.717) is 47.0 Å². The monoisotopic (exact) mass is 955 g/mol. The number of hydrogen-bond acceptors (Lipinski definition) is 12. The van der Waals surface area contributed by atoms with Crippen molar-refractivity contribution in [3.05, 3.63) is 108 Å². The standard InChI is InChI=1S/C58H74N4O8/c1-3-5-7-9-11-13-15-17-19-21-23-25-43-65-49-35-31-47(32-36-49)57(63)67-51-39-27-45(28-40-51)53-59-61-55(69-53)56-62-60-54(70-56)46-29-41-52(42-30-46)68-58(64)48-33-37-50(38-34-48)66-44-26-24-22-20-18-16-14-12-10-8-6-4-2/h27-42H,3-26,43-44H2,1-2H3. The summed E-state index contributed by atoms with van der Waals surface area (Å²) in [4.78, 5) is 25.8. The van der Waals surface area contributed by atoms with Crippen LogP contribution in [-0.4, -0.2) is 45.5 Å². The van der Waals surface area contributed by atoms with Crippen molar-refractivity contribution in [2.75, 3.05) is 13.2 Å². The summed E-state index contributed by atoms with van der Waals surface area (Å²) >= 11 is 0. The van der Waals surface area contributed by atoms with Crippen LogP contribution in [0.1, 0.15) is 189 Å². The lowest BCUT2D eigenvalue weighted by atomic mass is 10.1. The Morgan fingerprint density at radius 3 is 0.929 bits per heavy atom. The molecular formula is C58H74N4O8. The summed E-state index contributed by atoms with van der Waals surface area (Å²) in [5.41, 5.74) is 2.05. The number of rotatable bonds is 35. The van der Waals surface area contributed by atoms with Gasteiger partial charge in [-0.1, -0.05) is 155 Å². The van der Waals surface area contributed by atoms with Gasteiger partial charge in [-0.15, -0.1) is 20.4 Å². The van der Waals surface area contributed by atoms with Crippen LogP contribution in [0.2, 0.25) is 0 Å². The summed E-state index contributed by atoms with van der Waals surface area (Å²) in [6.45, 7) is 5.85. The van der Waals surface area contributed by atoms with Crippen LogP contribution in [0.3, 0.4) is 0 Å². The predicted molar refractivity (Wildman–Crippen MR) is 274 cm³/mol. The largest absolute Gasteiger partial charge is 0.494 e. The molecule has 0 atom stereocenters. The molecule has 4 aromatic carbocycles. The minimum absolute atomic E-state index is 0.0390. The molecule has 0 spiro atoms. The van der Waals surface area contributed by atoms with Crippen LogP contribution in [0.5, 0.6) is 23.0 Å². The molecule has 0 aliphatic carbocycles. The van der Waals surface area contributed by atoms with Gasteiger partial charge in [0.25, 0.3) is 0 Å². The minimum Gasteiger partial charge on any atom is -0.494 e. The molecule has 12 nitrogen and oxygen atoms in total. The maximum Gasteiger partial charge on any atom is 0.343 e. The Hall–Kier alpha value is -6.30. The number of benzene rings is 4. The second-order valence-electron chi connectivity index (χ2n) is 18.2. The molecule has 2 aromatic heterocycles. The fourth-order valence-electron chi connectivity index (χ4n) is 8.16. The van der Waals surface area contributed by atoms with E-state index in [1.807, 2.05) is 0 Å². The maximum absolute atomic E-state index is 12.9. The van der Waals surface area contributed by atoms with Gasteiger partial charge >= 0.3 is 23.7 Å². The second kappa shape index (κ2) is 31.0. The quantitative estimate of drug-likeness (QED) is 0.0212. The van der Waals surface area contributed by atoms with Crippen LogP contribution in [0, 0.1) is 0 Å². The first-order chi connectivity index (χ1) is 34.5. The first kappa shape index (κ1) is 53.1. The molecule has 0 amide bonds. The van der Waals surface area contributed by atoms with Gasteiger partial charge in [-0.05, 0) is 110 Å². The molecule has 6 aromatic rings. The molecule has 0 fully saturated rings. The van der Waals surface area contributed by atoms with E-state index in [2.05, 4.69) is 34.2 Å². The van der Waals surface area contributed by atoms with Gasteiger partial charge in [0.05, 0.1) is 24.3 Å². The van der Waals surface area contributed by atoms with E-state index in [1.165, 1.54) is 141 Å². The van der Waals surface area contributed by atoms with Gasteiger partial charge in [0.2, 0.25) is 11.8 Å². The molecule has 0 aliphatic rings. The third-order valence-corrected chi connectivity index (χ3v) is 12.4. The summed E-state index contributed by atoms with van der Waals surface area (Å²) in [7, 11) is 0. The highest BCUT2D eigenvalue weighted by molar-refractivity contribution is 5.91. The Bertz CT molecular complexity index is 2190. The van der Waals surface area contributed by atoms with Crippen LogP contribution in [-0.2, 0) is 0 Å². The van der Waals surface area contributed by atoms with E-state index in [0.717, 1.165) is 24.3 Å². The molecule has 70 heavy (non-hydrogen) atoms. The van der Waals surface area contributed by atoms with Crippen molar-refractivity contribution >= 4 is 11.9 Å². The van der Waals surface area contributed by atoms with E-state index in [1.54, 1.807) is 97.1 Å². The molecule has 0 saturated heterocycles. The van der Waals surface area contributed by atoms with Gasteiger partial charge in [-0.2, -0.15) is 0 Å². The summed E-state index contributed by atoms with van der Waals surface area (Å²) in [6.07, 6.45) is 31.2. The third kappa shape index (κ3) is 18.9. The van der Waals surface area contributed by atoms with Gasteiger partial charge in [-0.3, -0.25) is 0 Å². The Morgan fingerprint density at radius 2 is 0.614 bits per heavy atom. The number of carbonyl (C=O) groups is 2. The van der Waals surface area contributed by atoms with Crippen LogP contribution in [0.15, 0.2) is 106 Å². The van der Waals surface area contributed by atoms with Crippen LogP contribution in [0.25, 0.3) is 34.7 Å². The Morgan fingerprint density at radius 1 is 0.343 bits per heavy atom. The Balaban J connectivity index is 0.854. The SMILES string of the molecule is CCCCCCCCCCCCCCOc1ccc(C(=O)Oc2ccc(-c3nnc(-c4nnc(-c5ccc(OC(=O)c6ccc(OCCCCCCCCCCCCCC)cc6)cc5)o4)o3)cc2)cc1. The molecule has 0 N–H and O–H groups in total. The van der Waals surface area contributed by atoms with E-state index in [9.17, 15) is 9.59 Å². The van der Waals surface area contributed by atoms with Crippen molar-refractivity contribution in [1.29, 1.82) is 0 Å². The number of hydrogen-bond donors (Lipinski definition) is 0. The Labute approximate surface area is 415 Å². The molecule has 12 heteroatoms. The van der Waals surface area contributed by atoms with E-state index in [4.69, 9.17) is 27.8 Å². The molecule has 0 aliphatic heterocycles. The predicted octanol–water partition coefficient (Wildman–Crippen LogP) is 16.1. The van der Waals surface area contributed by atoms with Crippen molar-refractivity contribution < 1.29 is 37.4 Å². The number of nitrogens with zero attached hydrogens (tertiary/aromatic N) is 4. The highest BCUT2D eigenvalue weighted by Crippen LogP contribution is 2.29. The molecule has 6 rings (SSSR count). The van der Waals surface area contributed by atoms with Gasteiger partial charge in [0, 0.05) is 11.1 Å². The molecule has 0 saturated carbocycles. The van der Waals surface area contributed by atoms with Gasteiger partial charge < -0.3 is 27.8 Å². The molecular weight excluding hydrogens is 881 g/mol. The number of carbonyl (C=O) groups excluding carboxylic acids is 2. The van der Waals surface area contributed by atoms with E-state index < -0.39 is 11.9 Å². The van der Waals surface area contributed by atoms with E-state index >= 15 is 0 Å². The van der Waals surface area contributed by atoms with E-state index in [-0.39, 0.29) is 23.6 Å². The highest BCUT2D eigenvalue weighted by Gasteiger charge is 2.19. The fourth-order valence-corrected chi connectivity index (χ4v) is 8.16. The smallest absolute Gasteiger partial charge is 0.343 e. The van der Waals surface area contributed by atoms with Crippen molar-refractivity contribution in [2.45, 2.75) is 168 Å². The lowest BCUT2D eigenvalue weighted by Gasteiger charge is -2.08. The Kier molecular flexibility index (Phi) is 23.5. The van der Waals surface area contributed by atoms with Crippen LogP contribution >= 0.6 is 0 Å². The van der Waals surface area contributed by atoms with Crippen LogP contribution in [0.4, 0.5) is 0 Å². The van der Waals surface area contributed by atoms with Crippen LogP contribution < -0.4 is 18.9 Å². The summed E-state index contributed by atoms with van der Waals surface area (Å²) in [6, 6.07) is 27.5. The summed E-state index contributed by atoms with van der Waals surface area (Å²) in [5.74, 6) is 1.75. The minimum atomic E-state index is -0.477. The van der Waals surface area contributed by atoms with Crippen molar-refractivity contribution in [2.24, 2.45) is 0 Å². The fraction of sp³-hybridized carbons (Fsp3) is 0.483. The van der Waals surface area contributed by atoms with Crippen molar-refractivity contribution in [3.8, 4) is 57.7 Å². The topological polar surface area (TPSA) is 149 Å². The van der Waals surface area contributed by atoms with Gasteiger partial charge in [0.1, 0.15) is 23.0 Å². The molecule has 374 valence electrons. The second-order valence-corrected chi connectivity index (χ2v) is 18.2. The van der Waals surface area contributed by atoms with Gasteiger partial charge in [-0.25, -0.2) is 9.59 Å². The highest BCUT2D eigenvalue weighted by atomic mass is 16.5. The zero-order valence-corrected chi connectivity index (χ0v) is 41.7. The first-order valence-electron chi connectivity index (χ1n) is 26.3. The molecule has 0 bridgehead atoms. The number of esters is 2. The average Bonchev–Trinajstić information content (AvgIpc) is 4.09. The normalized spacial score (nSPS) is 11.2. The first-order valence-corrected chi connectivity index (χ1v) is 26.3. The number of ether oxygens (including phenoxy) is 4. The lowest BCUT2D eigenvalue weighted by molar-refractivity contribution is 0.0725. The number of unbranched alkanes of at least 4 members (excludes halogenated alkanes) is 22. The van der Waals surface area contributed by atoms with Gasteiger partial charge in [0.15, 0.2) is 0 Å². The third-order valence-electron chi connectivity index (χ3n) is 12.4.